The van der Waals surface area contributed by atoms with E-state index in [1.165, 1.54) is 22.8 Å². The molecule has 0 saturated carbocycles. The van der Waals surface area contributed by atoms with Crippen LogP contribution >= 0.6 is 11.3 Å². The van der Waals surface area contributed by atoms with E-state index < -0.39 is 11.7 Å². The molecule has 8 heteroatoms. The molecular formula is C18H14F3N3OS. The predicted octanol–water partition coefficient (Wildman–Crippen LogP) is 2.76. The van der Waals surface area contributed by atoms with Gasteiger partial charge >= 0.3 is 6.18 Å². The zero-order chi connectivity index (χ0) is 19.3. The number of halogens is 3. The molecule has 0 aliphatic rings. The van der Waals surface area contributed by atoms with Crippen LogP contribution in [0.5, 0.6) is 0 Å². The molecule has 4 nitrogen and oxygen atoms in total. The third kappa shape index (κ3) is 4.22. The second-order valence-electron chi connectivity index (χ2n) is 5.44. The Hall–Kier alpha value is -2.84. The van der Waals surface area contributed by atoms with Crippen molar-refractivity contribution in [3.05, 3.63) is 54.9 Å². The summed E-state index contributed by atoms with van der Waals surface area (Å²) in [5, 5.41) is 18.2. The molecular weight excluding hydrogens is 363 g/mol. The van der Waals surface area contributed by atoms with Crippen molar-refractivity contribution in [2.45, 2.75) is 32.5 Å². The number of benzene rings is 1. The van der Waals surface area contributed by atoms with Crippen molar-refractivity contribution in [3.63, 3.8) is 0 Å². The summed E-state index contributed by atoms with van der Waals surface area (Å²) in [6, 6.07) is 8.00. The Morgan fingerprint density at radius 1 is 1.23 bits per heavy atom. The number of aromatic nitrogens is 1. The Balaban J connectivity index is 2.63. The van der Waals surface area contributed by atoms with Crippen LogP contribution < -0.4 is 14.8 Å². The van der Waals surface area contributed by atoms with E-state index in [0.717, 1.165) is 29.9 Å². The zero-order valence-electron chi connectivity index (χ0n) is 13.8. The monoisotopic (exact) mass is 377 g/mol. The van der Waals surface area contributed by atoms with Gasteiger partial charge in [-0.25, -0.2) is 0 Å². The average Bonchev–Trinajstić information content (AvgIpc) is 2.90. The lowest BCUT2D eigenvalue weighted by atomic mass is 10.1. The standard InChI is InChI=1S/C18H14F3N3OS/c1-2-3-8-24-16(25)15(26-17(24)13(10-22)11-23)9-12-4-6-14(7-5-12)18(19,20)21/h4-7,9H,2-3,8H2,1H3/b15-9+. The molecule has 0 spiro atoms. The van der Waals surface area contributed by atoms with Crippen molar-refractivity contribution in [2.24, 2.45) is 0 Å². The van der Waals surface area contributed by atoms with Crippen LogP contribution in [0.3, 0.4) is 0 Å². The summed E-state index contributed by atoms with van der Waals surface area (Å²) in [6.07, 6.45) is -1.43. The van der Waals surface area contributed by atoms with Gasteiger partial charge in [-0.3, -0.25) is 9.36 Å². The molecule has 0 aliphatic heterocycles. The van der Waals surface area contributed by atoms with Gasteiger partial charge in [-0.05, 0) is 30.2 Å². The van der Waals surface area contributed by atoms with Crippen molar-refractivity contribution in [2.75, 3.05) is 0 Å². The summed E-state index contributed by atoms with van der Waals surface area (Å²) in [5.74, 6) is 0. The zero-order valence-corrected chi connectivity index (χ0v) is 14.6. The van der Waals surface area contributed by atoms with Crippen LogP contribution in [0, 0.1) is 22.7 Å². The minimum atomic E-state index is -4.43. The molecule has 2 rings (SSSR count). The Morgan fingerprint density at radius 3 is 2.35 bits per heavy atom. The quantitative estimate of drug-likeness (QED) is 0.823. The van der Waals surface area contributed by atoms with Crippen LogP contribution in [0.15, 0.2) is 29.1 Å². The van der Waals surface area contributed by atoms with Crippen LogP contribution in [0.4, 0.5) is 13.2 Å². The minimum Gasteiger partial charge on any atom is -0.297 e. The highest BCUT2D eigenvalue weighted by atomic mass is 32.1. The normalized spacial score (nSPS) is 11.8. The number of nitrogens with zero attached hydrogens (tertiary/aromatic N) is 3. The highest BCUT2D eigenvalue weighted by Crippen LogP contribution is 2.29. The molecule has 0 unspecified atom stereocenters. The van der Waals surface area contributed by atoms with Crippen LogP contribution in [0.25, 0.3) is 11.6 Å². The third-order valence-corrected chi connectivity index (χ3v) is 4.75. The van der Waals surface area contributed by atoms with E-state index in [0.29, 0.717) is 18.5 Å². The van der Waals surface area contributed by atoms with E-state index in [-0.39, 0.29) is 20.3 Å². The number of rotatable bonds is 4. The molecule has 0 fully saturated rings. The van der Waals surface area contributed by atoms with E-state index in [4.69, 9.17) is 10.5 Å². The first-order valence-corrected chi connectivity index (χ1v) is 8.56. The van der Waals surface area contributed by atoms with Crippen molar-refractivity contribution < 1.29 is 13.2 Å². The van der Waals surface area contributed by atoms with Crippen LogP contribution in [0.1, 0.15) is 30.9 Å². The summed E-state index contributed by atoms with van der Waals surface area (Å²) in [7, 11) is 0. The molecule has 0 N–H and O–H groups in total. The summed E-state index contributed by atoms with van der Waals surface area (Å²) in [5.41, 5.74) is -0.857. The summed E-state index contributed by atoms with van der Waals surface area (Å²) in [6.45, 7) is 2.32. The van der Waals surface area contributed by atoms with Crippen LogP contribution in [-0.2, 0) is 12.7 Å². The number of alkyl halides is 3. The Bertz CT molecular complexity index is 1030. The fourth-order valence-electron chi connectivity index (χ4n) is 2.27. The lowest BCUT2D eigenvalue weighted by Crippen LogP contribution is -2.32. The Kier molecular flexibility index (Phi) is 6.01. The van der Waals surface area contributed by atoms with Gasteiger partial charge in [-0.2, -0.15) is 23.7 Å². The van der Waals surface area contributed by atoms with Gasteiger partial charge in [0.05, 0.1) is 10.1 Å². The van der Waals surface area contributed by atoms with Gasteiger partial charge in [0.1, 0.15) is 16.8 Å². The maximum Gasteiger partial charge on any atom is 0.416 e. The third-order valence-electron chi connectivity index (χ3n) is 3.62. The summed E-state index contributed by atoms with van der Waals surface area (Å²) < 4.78 is 39.8. The summed E-state index contributed by atoms with van der Waals surface area (Å²) >= 11 is 0.989. The van der Waals surface area contributed by atoms with Crippen molar-refractivity contribution in [1.82, 2.24) is 4.57 Å². The Morgan fingerprint density at radius 2 is 1.85 bits per heavy atom. The van der Waals surface area contributed by atoms with E-state index in [1.54, 1.807) is 12.1 Å². The lowest BCUT2D eigenvalue weighted by molar-refractivity contribution is -0.137. The maximum absolute atomic E-state index is 12.6. The van der Waals surface area contributed by atoms with Gasteiger partial charge in [0.25, 0.3) is 5.56 Å². The highest BCUT2D eigenvalue weighted by molar-refractivity contribution is 7.07. The van der Waals surface area contributed by atoms with Crippen LogP contribution in [0.2, 0.25) is 0 Å². The van der Waals surface area contributed by atoms with Gasteiger partial charge in [-0.15, -0.1) is 11.3 Å². The van der Waals surface area contributed by atoms with Gasteiger partial charge in [-0.1, -0.05) is 25.5 Å². The largest absolute Gasteiger partial charge is 0.416 e. The van der Waals surface area contributed by atoms with E-state index in [2.05, 4.69) is 0 Å². The molecule has 1 aromatic carbocycles. The van der Waals surface area contributed by atoms with Gasteiger partial charge in [0.15, 0.2) is 5.57 Å². The molecule has 0 aliphatic carbocycles. The van der Waals surface area contributed by atoms with E-state index >= 15 is 0 Å². The van der Waals surface area contributed by atoms with E-state index in [1.807, 2.05) is 6.92 Å². The second kappa shape index (κ2) is 8.03. The topological polar surface area (TPSA) is 69.6 Å². The number of unbranched alkanes of at least 4 members (excludes halogenated alkanes) is 1. The number of thiazole rings is 1. The molecule has 0 atom stereocenters. The van der Waals surface area contributed by atoms with E-state index in [9.17, 15) is 18.0 Å². The van der Waals surface area contributed by atoms with Gasteiger partial charge in [0.2, 0.25) is 0 Å². The smallest absolute Gasteiger partial charge is 0.297 e. The minimum absolute atomic E-state index is 0.157. The molecule has 2 aromatic rings. The number of hydrogen-bond acceptors (Lipinski definition) is 4. The van der Waals surface area contributed by atoms with Gasteiger partial charge in [0, 0.05) is 6.54 Å². The molecule has 0 bridgehead atoms. The SMILES string of the molecule is CCCCn1c(=C(C#N)C#N)s/c(=C/c2ccc(C(F)(F)F)cc2)c1=O. The maximum atomic E-state index is 12.6. The van der Waals surface area contributed by atoms with Crippen molar-refractivity contribution >= 4 is 23.0 Å². The highest BCUT2D eigenvalue weighted by Gasteiger charge is 2.29. The first kappa shape index (κ1) is 19.5. The molecule has 0 saturated heterocycles. The molecule has 134 valence electrons. The lowest BCUT2D eigenvalue weighted by Gasteiger charge is -2.05. The fourth-order valence-corrected chi connectivity index (χ4v) is 3.34. The summed E-state index contributed by atoms with van der Waals surface area (Å²) in [4.78, 5) is 12.6. The number of hydrogen-bond donors (Lipinski definition) is 0. The second-order valence-corrected chi connectivity index (χ2v) is 6.48. The van der Waals surface area contributed by atoms with Gasteiger partial charge < -0.3 is 0 Å². The fraction of sp³-hybridized carbons (Fsp3) is 0.278. The molecule has 0 amide bonds. The van der Waals surface area contributed by atoms with Crippen molar-refractivity contribution in [1.29, 1.82) is 10.5 Å². The Labute approximate surface area is 151 Å². The number of nitriles is 2. The molecule has 1 aromatic heterocycles. The first-order valence-electron chi connectivity index (χ1n) is 7.75. The molecule has 26 heavy (non-hydrogen) atoms. The average molecular weight is 377 g/mol. The van der Waals surface area contributed by atoms with Crippen molar-refractivity contribution in [3.8, 4) is 12.1 Å². The first-order chi connectivity index (χ1) is 12.3. The molecule has 0 radical (unpaired) electrons. The predicted molar refractivity (Wildman–Crippen MR) is 92.4 cm³/mol. The molecule has 1 heterocycles. The van der Waals surface area contributed by atoms with Crippen LogP contribution in [-0.4, -0.2) is 4.57 Å².